The third-order valence-corrected chi connectivity index (χ3v) is 12.7. The molecule has 0 atom stereocenters. The molecule has 2 saturated heterocycles. The first-order valence-corrected chi connectivity index (χ1v) is 20.7. The maximum absolute atomic E-state index is 13.6. The average Bonchev–Trinajstić information content (AvgIpc) is 3.65. The number of imide groups is 1. The number of rotatable bonds is 13. The third kappa shape index (κ3) is 8.69. The zero-order valence-electron chi connectivity index (χ0n) is 34.2. The number of alkyl halides is 3. The monoisotopic (exact) mass is 810 g/mol. The van der Waals surface area contributed by atoms with Crippen molar-refractivity contribution in [3.8, 4) is 11.8 Å². The highest BCUT2D eigenvalue weighted by Crippen LogP contribution is 2.56. The molecule has 0 unspecified atom stereocenters. The van der Waals surface area contributed by atoms with Crippen LogP contribution in [0.15, 0.2) is 72.9 Å². The second-order valence-corrected chi connectivity index (χ2v) is 17.5. The molecule has 3 heterocycles. The van der Waals surface area contributed by atoms with Crippen molar-refractivity contribution in [3.05, 3.63) is 95.2 Å². The lowest BCUT2D eigenvalue weighted by Gasteiger charge is -2.63. The zero-order valence-corrected chi connectivity index (χ0v) is 34.2. The van der Waals surface area contributed by atoms with E-state index in [1.165, 1.54) is 11.6 Å². The Labute approximate surface area is 343 Å². The second kappa shape index (κ2) is 16.7. The van der Waals surface area contributed by atoms with Crippen LogP contribution in [-0.4, -0.2) is 65.6 Å². The fourth-order valence-electron chi connectivity index (χ4n) is 9.86. The van der Waals surface area contributed by atoms with Crippen LogP contribution in [0.3, 0.4) is 0 Å². The maximum atomic E-state index is 13.6. The van der Waals surface area contributed by atoms with Gasteiger partial charge in [0.25, 0.3) is 5.91 Å². The summed E-state index contributed by atoms with van der Waals surface area (Å²) in [4.78, 5) is 41.8. The first-order chi connectivity index (χ1) is 28.1. The van der Waals surface area contributed by atoms with E-state index in [4.69, 9.17) is 10.00 Å². The summed E-state index contributed by atoms with van der Waals surface area (Å²) >= 11 is 0. The molecule has 4 aromatic rings. The molecule has 0 radical (unpaired) electrons. The van der Waals surface area contributed by atoms with Crippen molar-refractivity contribution >= 4 is 34.4 Å². The average molecular weight is 811 g/mol. The Kier molecular flexibility index (Phi) is 11.8. The number of halogens is 3. The van der Waals surface area contributed by atoms with Crippen LogP contribution in [0, 0.1) is 22.2 Å². The van der Waals surface area contributed by atoms with E-state index < -0.39 is 34.2 Å². The van der Waals surface area contributed by atoms with E-state index in [1.54, 1.807) is 11.0 Å². The lowest BCUT2D eigenvalue weighted by molar-refractivity contribution is -0.164. The Morgan fingerprint density at radius 3 is 2.32 bits per heavy atom. The van der Waals surface area contributed by atoms with Crippen molar-refractivity contribution in [1.29, 1.82) is 5.26 Å². The summed E-state index contributed by atoms with van der Waals surface area (Å²) in [6, 6.07) is 20.6. The molecule has 2 N–H and O–H groups in total. The SMILES string of the molecule is CC1(C)[C@H](NC(=O)c2ccc(CCCCCCN3CCC(n4ccc5c(N6CCC(=O)NC6=O)cccc54)CC3)cc2)C(C)(C)[C@H]1Oc1ccc(C#N)c(C(F)(F)F)c1. The van der Waals surface area contributed by atoms with Crippen molar-refractivity contribution in [3.63, 3.8) is 0 Å². The van der Waals surface area contributed by atoms with Crippen LogP contribution in [0.2, 0.25) is 0 Å². The molecule has 1 aromatic heterocycles. The van der Waals surface area contributed by atoms with E-state index in [0.29, 0.717) is 24.6 Å². The number of hydrogen-bond donors (Lipinski definition) is 2. The second-order valence-electron chi connectivity index (χ2n) is 17.5. The van der Waals surface area contributed by atoms with Gasteiger partial charge in [0, 0.05) is 66.1 Å². The minimum atomic E-state index is -4.68. The fourth-order valence-corrected chi connectivity index (χ4v) is 9.86. The van der Waals surface area contributed by atoms with Crippen LogP contribution in [0.1, 0.15) is 106 Å². The number of unbranched alkanes of at least 4 members (excludes halogenated alkanes) is 3. The first kappa shape index (κ1) is 41.8. The minimum absolute atomic E-state index is 0.0338. The van der Waals surface area contributed by atoms with Gasteiger partial charge in [-0.05, 0) is 92.7 Å². The number of carbonyl (C=O) groups excluding carboxylic acids is 3. The summed E-state index contributed by atoms with van der Waals surface area (Å²) in [5, 5.41) is 15.8. The molecule has 3 aliphatic rings. The Balaban J connectivity index is 0.817. The molecule has 7 rings (SSSR count). The highest BCUT2D eigenvalue weighted by Gasteiger charge is 2.64. The van der Waals surface area contributed by atoms with Gasteiger partial charge in [-0.15, -0.1) is 0 Å². The molecule has 0 spiro atoms. The number of nitriles is 1. The molecule has 3 fully saturated rings. The third-order valence-electron chi connectivity index (χ3n) is 12.7. The fraction of sp³-hybridized carbons (Fsp3) is 0.478. The quantitative estimate of drug-likeness (QED) is 0.130. The molecule has 2 aliphatic heterocycles. The lowest BCUT2D eigenvalue weighted by Crippen LogP contribution is -2.74. The van der Waals surface area contributed by atoms with Crippen LogP contribution in [0.5, 0.6) is 5.75 Å². The van der Waals surface area contributed by atoms with Crippen molar-refractivity contribution in [1.82, 2.24) is 20.1 Å². The number of piperidine rings is 1. The number of ether oxygens (including phenoxy) is 1. The number of urea groups is 1. The van der Waals surface area contributed by atoms with Gasteiger partial charge in [0.15, 0.2) is 0 Å². The van der Waals surface area contributed by atoms with E-state index >= 15 is 0 Å². The highest BCUT2D eigenvalue weighted by molar-refractivity contribution is 6.09. The molecule has 1 saturated carbocycles. The van der Waals surface area contributed by atoms with Crippen LogP contribution < -0.4 is 20.3 Å². The summed E-state index contributed by atoms with van der Waals surface area (Å²) in [6.45, 7) is 11.3. The predicted molar refractivity (Wildman–Crippen MR) is 220 cm³/mol. The predicted octanol–water partition coefficient (Wildman–Crippen LogP) is 9.03. The van der Waals surface area contributed by atoms with Crippen molar-refractivity contribution in [2.45, 2.75) is 103 Å². The van der Waals surface area contributed by atoms with Crippen LogP contribution >= 0.6 is 0 Å². The molecule has 0 bridgehead atoms. The number of aromatic nitrogens is 1. The van der Waals surface area contributed by atoms with Crippen LogP contribution in [0.25, 0.3) is 10.9 Å². The molecule has 59 heavy (non-hydrogen) atoms. The molecule has 10 nitrogen and oxygen atoms in total. The summed E-state index contributed by atoms with van der Waals surface area (Å²) in [5.41, 5.74) is 1.05. The lowest BCUT2D eigenvalue weighted by atomic mass is 9.49. The smallest absolute Gasteiger partial charge is 0.417 e. The van der Waals surface area contributed by atoms with E-state index in [0.717, 1.165) is 93.3 Å². The number of amides is 4. The zero-order chi connectivity index (χ0) is 42.1. The summed E-state index contributed by atoms with van der Waals surface area (Å²) in [7, 11) is 0. The highest BCUT2D eigenvalue weighted by atomic mass is 19.4. The normalized spacial score (nSPS) is 20.8. The van der Waals surface area contributed by atoms with Crippen molar-refractivity contribution < 1.29 is 32.3 Å². The topological polar surface area (TPSA) is 120 Å². The van der Waals surface area contributed by atoms with Crippen molar-refractivity contribution in [2.24, 2.45) is 10.8 Å². The van der Waals surface area contributed by atoms with Gasteiger partial charge >= 0.3 is 12.2 Å². The number of anilines is 1. The number of likely N-dealkylation sites (tertiary alicyclic amines) is 1. The van der Waals surface area contributed by atoms with E-state index in [9.17, 15) is 27.6 Å². The number of hydrogen-bond acceptors (Lipinski definition) is 6. The van der Waals surface area contributed by atoms with Crippen LogP contribution in [-0.2, 0) is 17.4 Å². The molecular weight excluding hydrogens is 758 g/mol. The van der Waals surface area contributed by atoms with Gasteiger partial charge in [-0.1, -0.05) is 58.7 Å². The van der Waals surface area contributed by atoms with Gasteiger partial charge in [-0.2, -0.15) is 18.4 Å². The number of nitrogens with zero attached hydrogens (tertiary/aromatic N) is 4. The van der Waals surface area contributed by atoms with E-state index in [2.05, 4.69) is 38.4 Å². The summed E-state index contributed by atoms with van der Waals surface area (Å²) in [6.07, 6.45) is 4.87. The number of benzene rings is 3. The Morgan fingerprint density at radius 2 is 1.64 bits per heavy atom. The molecule has 1 aliphatic carbocycles. The van der Waals surface area contributed by atoms with Gasteiger partial charge in [0.05, 0.1) is 28.4 Å². The van der Waals surface area contributed by atoms with E-state index in [1.807, 2.05) is 64.1 Å². The molecule has 13 heteroatoms. The Hall–Kier alpha value is -5.35. The van der Waals surface area contributed by atoms with Crippen molar-refractivity contribution in [2.75, 3.05) is 31.1 Å². The molecular formula is C46H53F3N6O4. The molecule has 312 valence electrons. The number of fused-ring (bicyclic) bond motifs is 1. The van der Waals surface area contributed by atoms with Gasteiger partial charge in [0.2, 0.25) is 5.91 Å². The number of nitrogens with one attached hydrogen (secondary N) is 2. The Morgan fingerprint density at radius 1 is 0.932 bits per heavy atom. The standard InChI is InChI=1S/C46H53F3N6O4/c1-44(2)41(45(3,4)42(44)59-34-18-17-32(29-50)36(28-34)46(47,48)49)52-40(57)31-15-13-30(14-16-31)10-7-5-6-8-23-53-24-19-33(20-25-53)54-26-21-35-37(54)11-9-12-38(35)55-27-22-39(56)51-43(55)58/h9,11-18,21,26,28,33,41-42H,5-8,10,19-20,22-25,27H2,1-4H3,(H,52,57)(H,51,56,58)/t41-,42-. The molecule has 4 amide bonds. The Bertz CT molecular complexity index is 2220. The van der Waals surface area contributed by atoms with Gasteiger partial charge < -0.3 is 19.5 Å². The van der Waals surface area contributed by atoms with E-state index in [-0.39, 0.29) is 29.6 Å². The minimum Gasteiger partial charge on any atom is -0.489 e. The van der Waals surface area contributed by atoms with Crippen LogP contribution in [0.4, 0.5) is 23.7 Å². The number of aryl methyl sites for hydroxylation is 1. The largest absolute Gasteiger partial charge is 0.489 e. The first-order valence-electron chi connectivity index (χ1n) is 20.7. The van der Waals surface area contributed by atoms with Gasteiger partial charge in [0.1, 0.15) is 11.9 Å². The van der Waals surface area contributed by atoms with Gasteiger partial charge in [-0.25, -0.2) is 4.79 Å². The molecule has 3 aromatic carbocycles. The van der Waals surface area contributed by atoms with Gasteiger partial charge in [-0.3, -0.25) is 19.8 Å². The summed E-state index contributed by atoms with van der Waals surface area (Å²) in [5.74, 6) is -0.407. The maximum Gasteiger partial charge on any atom is 0.417 e. The summed E-state index contributed by atoms with van der Waals surface area (Å²) < 4.78 is 49.2. The number of carbonyl (C=O) groups is 3.